The molecule has 1 aliphatic heterocycles. The molecule has 60 valence electrons. The van der Waals surface area contributed by atoms with Crippen LogP contribution in [0.4, 0.5) is 0 Å². The summed E-state index contributed by atoms with van der Waals surface area (Å²) in [6.07, 6.45) is 4.21. The molecule has 1 rings (SSSR count). The van der Waals surface area contributed by atoms with Crippen LogP contribution in [-0.2, 0) is 0 Å². The fourth-order valence-corrected chi connectivity index (χ4v) is 1.11. The van der Waals surface area contributed by atoms with E-state index < -0.39 is 0 Å². The molecule has 0 fully saturated rings. The molecule has 0 N–H and O–H groups in total. The first-order valence-corrected chi connectivity index (χ1v) is 3.53. The van der Waals surface area contributed by atoms with Gasteiger partial charge in [-0.25, -0.2) is 0 Å². The minimum Gasteiger partial charge on any atom is -0.521 e. The van der Waals surface area contributed by atoms with Crippen molar-refractivity contribution in [2.75, 3.05) is 7.05 Å². The van der Waals surface area contributed by atoms with Crippen LogP contribution < -0.4 is 0 Å². The van der Waals surface area contributed by atoms with Crippen molar-refractivity contribution in [3.63, 3.8) is 0 Å². The molecule has 1 heterocycles. The maximum absolute atomic E-state index is 4.25. The summed E-state index contributed by atoms with van der Waals surface area (Å²) in [4.78, 5) is 2.07. The Morgan fingerprint density at radius 2 is 1.58 bits per heavy atom. The van der Waals surface area contributed by atoms with Gasteiger partial charge in [0.15, 0.2) is 0 Å². The third-order valence-corrected chi connectivity index (χ3v) is 1.27. The SMILES string of the molecule is CC1=CN(C)C=C(C)[B-]1.[CH-]=C.[Mg+2]. The van der Waals surface area contributed by atoms with Gasteiger partial charge in [-0.15, -0.1) is 0 Å². The van der Waals surface area contributed by atoms with Crippen LogP contribution in [0.2, 0.25) is 0 Å². The molecule has 3 heteroatoms. The number of allylic oxidation sites excluding steroid dienone is 2. The molecule has 0 aliphatic carbocycles. The van der Waals surface area contributed by atoms with Gasteiger partial charge in [0.2, 0.25) is 0 Å². The molecule has 0 aromatic rings. The van der Waals surface area contributed by atoms with Crippen LogP contribution in [0.25, 0.3) is 0 Å². The van der Waals surface area contributed by atoms with E-state index in [9.17, 15) is 0 Å². The van der Waals surface area contributed by atoms with E-state index in [2.05, 4.69) is 51.6 Å². The van der Waals surface area contributed by atoms with Crippen molar-refractivity contribution in [2.24, 2.45) is 0 Å². The van der Waals surface area contributed by atoms with Crippen LogP contribution in [0.15, 0.2) is 29.9 Å². The summed E-state index contributed by atoms with van der Waals surface area (Å²) in [6, 6.07) is 0. The fraction of sp³-hybridized carbons (Fsp3) is 0.333. The maximum atomic E-state index is 4.25. The van der Waals surface area contributed by atoms with Gasteiger partial charge in [0.25, 0.3) is 0 Å². The van der Waals surface area contributed by atoms with Gasteiger partial charge in [0.05, 0.1) is 0 Å². The van der Waals surface area contributed by atoms with Gasteiger partial charge in [-0.1, -0.05) is 13.8 Å². The third kappa shape index (κ3) is 5.49. The predicted octanol–water partition coefficient (Wildman–Crippen LogP) is 1.58. The Kier molecular flexibility index (Phi) is 8.98. The molecule has 0 spiro atoms. The molecule has 0 bridgehead atoms. The van der Waals surface area contributed by atoms with Gasteiger partial charge in [-0.05, 0) is 12.4 Å². The van der Waals surface area contributed by atoms with E-state index >= 15 is 0 Å². The Hall–Kier alpha value is -0.149. The van der Waals surface area contributed by atoms with Gasteiger partial charge in [-0.2, -0.15) is 0 Å². The molecule has 0 atom stereocenters. The number of rotatable bonds is 0. The second-order valence-electron chi connectivity index (χ2n) is 2.56. The summed E-state index contributed by atoms with van der Waals surface area (Å²) in [5.74, 6) is 0. The Morgan fingerprint density at radius 1 is 1.25 bits per heavy atom. The Morgan fingerprint density at radius 3 is 1.83 bits per heavy atom. The van der Waals surface area contributed by atoms with Crippen molar-refractivity contribution in [3.05, 3.63) is 36.5 Å². The Labute approximate surface area is 92.6 Å². The molecule has 12 heavy (non-hydrogen) atoms. The van der Waals surface area contributed by atoms with Crippen molar-refractivity contribution in [1.29, 1.82) is 0 Å². The second-order valence-corrected chi connectivity index (χ2v) is 2.56. The topological polar surface area (TPSA) is 3.24 Å². The van der Waals surface area contributed by atoms with Crippen molar-refractivity contribution in [1.82, 2.24) is 4.90 Å². The molecule has 0 aromatic carbocycles. The summed E-state index contributed by atoms with van der Waals surface area (Å²) >= 11 is 0. The minimum absolute atomic E-state index is 0. The number of nitrogens with zero attached hydrogens (tertiary/aromatic N) is 1. The molecule has 1 nitrogen and oxygen atoms in total. The number of hydrogen-bond acceptors (Lipinski definition) is 1. The molecule has 0 amide bonds. The van der Waals surface area contributed by atoms with E-state index in [0.717, 1.165) is 0 Å². The van der Waals surface area contributed by atoms with E-state index in [1.54, 1.807) is 0 Å². The van der Waals surface area contributed by atoms with Gasteiger partial charge >= 0.3 is 23.1 Å². The van der Waals surface area contributed by atoms with E-state index in [1.807, 2.05) is 7.05 Å². The van der Waals surface area contributed by atoms with Gasteiger partial charge in [0, 0.05) is 7.05 Å². The molecular weight excluding hydrogens is 157 g/mol. The maximum Gasteiger partial charge on any atom is 2.00 e. The van der Waals surface area contributed by atoms with E-state index in [4.69, 9.17) is 0 Å². The zero-order valence-electron chi connectivity index (χ0n) is 8.17. The fourth-order valence-electron chi connectivity index (χ4n) is 1.11. The Bertz CT molecular complexity index is 169. The molecule has 0 saturated carbocycles. The van der Waals surface area contributed by atoms with Crippen LogP contribution in [-0.4, -0.2) is 42.3 Å². The van der Waals surface area contributed by atoms with Crippen LogP contribution in [0.1, 0.15) is 13.8 Å². The molecule has 1 aliphatic rings. The van der Waals surface area contributed by atoms with E-state index in [1.165, 1.54) is 10.9 Å². The van der Waals surface area contributed by atoms with Crippen LogP contribution >= 0.6 is 0 Å². The first kappa shape index (κ1) is 14.4. The minimum atomic E-state index is 0. The van der Waals surface area contributed by atoms with E-state index in [0.29, 0.717) is 0 Å². The predicted molar refractivity (Wildman–Crippen MR) is 56.7 cm³/mol. The Balaban J connectivity index is 0. The van der Waals surface area contributed by atoms with Crippen LogP contribution in [0.3, 0.4) is 0 Å². The summed E-state index contributed by atoms with van der Waals surface area (Å²) in [6.45, 7) is 11.2. The zero-order chi connectivity index (χ0) is 8.85. The summed E-state index contributed by atoms with van der Waals surface area (Å²) in [7, 11) is 4.21. The zero-order valence-corrected chi connectivity index (χ0v) is 9.59. The van der Waals surface area contributed by atoms with Gasteiger partial charge in [0.1, 0.15) is 0 Å². The van der Waals surface area contributed by atoms with E-state index in [-0.39, 0.29) is 23.1 Å². The average molecular weight is 171 g/mol. The normalized spacial score (nSPS) is 14.8. The molecule has 0 saturated heterocycles. The summed E-state index contributed by atoms with van der Waals surface area (Å²) < 4.78 is 0. The second kappa shape index (κ2) is 7.50. The monoisotopic (exact) mass is 171 g/mol. The number of hydrogen-bond donors (Lipinski definition) is 0. The van der Waals surface area contributed by atoms with Crippen molar-refractivity contribution in [3.8, 4) is 0 Å². The van der Waals surface area contributed by atoms with Crippen LogP contribution in [0, 0.1) is 6.58 Å². The standard InChI is InChI=1S/C7H11BN.C2H3.Mg/c1-6-4-9(3)5-7(2)8-6;1-2;/h4-5H,1-3H3;1H,2H2;/q2*-1;+2. The average Bonchev–Trinajstić information content (AvgIpc) is 1.88. The largest absolute Gasteiger partial charge is 2.00 e. The summed E-state index contributed by atoms with van der Waals surface area (Å²) in [5, 5.41) is 0. The van der Waals surface area contributed by atoms with Crippen molar-refractivity contribution in [2.45, 2.75) is 13.8 Å². The molecular formula is C9H14BMgN. The van der Waals surface area contributed by atoms with Crippen molar-refractivity contribution < 1.29 is 0 Å². The smallest absolute Gasteiger partial charge is 0.521 e. The quantitative estimate of drug-likeness (QED) is 0.395. The first-order chi connectivity index (χ1) is 5.18. The van der Waals surface area contributed by atoms with Gasteiger partial charge < -0.3 is 11.5 Å². The van der Waals surface area contributed by atoms with Gasteiger partial charge in [-0.3, -0.25) is 24.8 Å². The molecule has 0 unspecified atom stereocenters. The molecule has 0 aromatic heterocycles. The molecule has 2 radical (unpaired) electrons. The van der Waals surface area contributed by atoms with Crippen molar-refractivity contribution >= 4 is 30.3 Å². The summed E-state index contributed by atoms with van der Waals surface area (Å²) in [5.41, 5.74) is 2.63. The first-order valence-electron chi connectivity index (χ1n) is 3.53. The third-order valence-electron chi connectivity index (χ3n) is 1.27. The van der Waals surface area contributed by atoms with Crippen LogP contribution in [0.5, 0.6) is 0 Å².